The Bertz CT molecular complexity index is 463. The highest BCUT2D eigenvalue weighted by molar-refractivity contribution is 14.1. The molecule has 0 radical (unpaired) electrons. The summed E-state index contributed by atoms with van der Waals surface area (Å²) in [5.41, 5.74) is 0.981. The molecule has 0 aliphatic carbocycles. The minimum Gasteiger partial charge on any atom is -0.323 e. The third-order valence-electron chi connectivity index (χ3n) is 4.52. The van der Waals surface area contributed by atoms with Gasteiger partial charge in [0, 0.05) is 14.5 Å². The molecule has 1 aromatic carbocycles. The SMILES string of the molecule is CCCCC12COC(c3ccc(I)cc3)(OC1)OC2C. The number of fused-ring (bicyclic) bond motifs is 3. The summed E-state index contributed by atoms with van der Waals surface area (Å²) in [6.07, 6.45) is 3.65. The number of rotatable bonds is 4. The van der Waals surface area contributed by atoms with Crippen molar-refractivity contribution in [3.05, 3.63) is 33.4 Å². The number of ether oxygens (including phenoxy) is 3. The van der Waals surface area contributed by atoms with Gasteiger partial charge in [0.15, 0.2) is 0 Å². The number of unbranched alkanes of at least 4 members (excludes halogenated alkanes) is 1. The Morgan fingerprint density at radius 3 is 2.40 bits per heavy atom. The zero-order valence-corrected chi connectivity index (χ0v) is 14.2. The first-order valence-electron chi connectivity index (χ1n) is 7.32. The molecule has 0 amide bonds. The number of hydrogen-bond acceptors (Lipinski definition) is 3. The van der Waals surface area contributed by atoms with Crippen LogP contribution in [-0.4, -0.2) is 19.3 Å². The summed E-state index contributed by atoms with van der Waals surface area (Å²) < 4.78 is 19.4. The van der Waals surface area contributed by atoms with Gasteiger partial charge in [0.2, 0.25) is 0 Å². The van der Waals surface area contributed by atoms with Crippen LogP contribution in [-0.2, 0) is 20.2 Å². The fourth-order valence-electron chi connectivity index (χ4n) is 2.99. The fraction of sp³-hybridized carbons (Fsp3) is 0.625. The number of hydrogen-bond donors (Lipinski definition) is 0. The van der Waals surface area contributed by atoms with Crippen LogP contribution in [0.15, 0.2) is 24.3 Å². The van der Waals surface area contributed by atoms with E-state index in [2.05, 4.69) is 48.6 Å². The molecular weight excluding hydrogens is 367 g/mol. The largest absolute Gasteiger partial charge is 0.323 e. The van der Waals surface area contributed by atoms with Crippen molar-refractivity contribution < 1.29 is 14.2 Å². The lowest BCUT2D eigenvalue weighted by molar-refractivity contribution is -0.498. The molecule has 3 fully saturated rings. The minimum absolute atomic E-state index is 0.0287. The van der Waals surface area contributed by atoms with E-state index in [-0.39, 0.29) is 11.5 Å². The molecule has 1 aromatic rings. The summed E-state index contributed by atoms with van der Waals surface area (Å²) in [4.78, 5) is 0. The molecule has 0 N–H and O–H groups in total. The lowest BCUT2D eigenvalue weighted by Crippen LogP contribution is -2.62. The summed E-state index contributed by atoms with van der Waals surface area (Å²) in [5.74, 6) is -0.988. The van der Waals surface area contributed by atoms with Crippen molar-refractivity contribution in [1.29, 1.82) is 0 Å². The third kappa shape index (κ3) is 2.40. The van der Waals surface area contributed by atoms with E-state index in [9.17, 15) is 0 Å². The monoisotopic (exact) mass is 388 g/mol. The van der Waals surface area contributed by atoms with Crippen LogP contribution < -0.4 is 0 Å². The van der Waals surface area contributed by atoms with E-state index in [1.54, 1.807) is 0 Å². The van der Waals surface area contributed by atoms with Crippen LogP contribution in [0, 0.1) is 8.99 Å². The first kappa shape index (κ1) is 14.8. The third-order valence-corrected chi connectivity index (χ3v) is 5.24. The molecule has 3 saturated heterocycles. The van der Waals surface area contributed by atoms with Crippen molar-refractivity contribution in [2.75, 3.05) is 13.2 Å². The molecule has 4 rings (SSSR count). The van der Waals surface area contributed by atoms with Crippen molar-refractivity contribution in [3.8, 4) is 0 Å². The topological polar surface area (TPSA) is 27.7 Å². The Balaban J connectivity index is 1.82. The zero-order chi connectivity index (χ0) is 14.2. The van der Waals surface area contributed by atoms with Gasteiger partial charge in [0.1, 0.15) is 0 Å². The Hall–Kier alpha value is -0.170. The van der Waals surface area contributed by atoms with Gasteiger partial charge in [-0.25, -0.2) is 0 Å². The van der Waals surface area contributed by atoms with E-state index in [0.717, 1.165) is 25.2 Å². The fourth-order valence-corrected chi connectivity index (χ4v) is 3.35. The molecule has 110 valence electrons. The van der Waals surface area contributed by atoms with Gasteiger partial charge in [-0.05, 0) is 60.2 Å². The maximum atomic E-state index is 6.15. The first-order chi connectivity index (χ1) is 9.60. The molecule has 3 aliphatic heterocycles. The molecule has 4 heteroatoms. The first-order valence-corrected chi connectivity index (χ1v) is 8.40. The number of benzene rings is 1. The highest BCUT2D eigenvalue weighted by Crippen LogP contribution is 2.49. The molecular formula is C16H21IO3. The lowest BCUT2D eigenvalue weighted by atomic mass is 9.77. The van der Waals surface area contributed by atoms with Gasteiger partial charge in [0.25, 0.3) is 0 Å². The lowest BCUT2D eigenvalue weighted by Gasteiger charge is -2.55. The zero-order valence-electron chi connectivity index (χ0n) is 12.0. The van der Waals surface area contributed by atoms with E-state index < -0.39 is 5.97 Å². The van der Waals surface area contributed by atoms with Crippen LogP contribution in [0.4, 0.5) is 0 Å². The molecule has 2 bridgehead atoms. The molecule has 3 heterocycles. The van der Waals surface area contributed by atoms with Crippen molar-refractivity contribution in [2.45, 2.75) is 45.2 Å². The molecule has 3 aliphatic rings. The van der Waals surface area contributed by atoms with Crippen LogP contribution in [0.3, 0.4) is 0 Å². The van der Waals surface area contributed by atoms with Gasteiger partial charge in [-0.3, -0.25) is 0 Å². The molecule has 0 saturated carbocycles. The second-order valence-electron chi connectivity index (χ2n) is 5.87. The van der Waals surface area contributed by atoms with Crippen LogP contribution >= 0.6 is 22.6 Å². The summed E-state index contributed by atoms with van der Waals surface area (Å²) >= 11 is 2.29. The summed E-state index contributed by atoms with van der Waals surface area (Å²) in [6.45, 7) is 5.81. The average Bonchev–Trinajstić information content (AvgIpc) is 2.47. The predicted molar refractivity (Wildman–Crippen MR) is 85.2 cm³/mol. The van der Waals surface area contributed by atoms with E-state index in [4.69, 9.17) is 14.2 Å². The van der Waals surface area contributed by atoms with Crippen molar-refractivity contribution in [3.63, 3.8) is 0 Å². The second-order valence-corrected chi connectivity index (χ2v) is 7.11. The standard InChI is InChI=1S/C16H21IO3/c1-3-4-9-15-10-18-16(19-11-15,20-12(15)2)13-5-7-14(17)8-6-13/h5-8,12H,3-4,9-11H2,1-2H3. The Morgan fingerprint density at radius 1 is 1.20 bits per heavy atom. The summed E-state index contributed by atoms with van der Waals surface area (Å²) in [6, 6.07) is 8.16. The smallest absolute Gasteiger partial charge is 0.312 e. The molecule has 1 unspecified atom stereocenters. The van der Waals surface area contributed by atoms with E-state index in [1.165, 1.54) is 16.4 Å². The van der Waals surface area contributed by atoms with Gasteiger partial charge >= 0.3 is 5.97 Å². The van der Waals surface area contributed by atoms with Crippen LogP contribution in [0.2, 0.25) is 0 Å². The maximum absolute atomic E-state index is 6.15. The van der Waals surface area contributed by atoms with Crippen molar-refractivity contribution >= 4 is 22.6 Å². The molecule has 1 atom stereocenters. The van der Waals surface area contributed by atoms with Crippen molar-refractivity contribution in [1.82, 2.24) is 0 Å². The predicted octanol–water partition coefficient (Wildman–Crippen LogP) is 4.04. The molecule has 0 spiro atoms. The van der Waals surface area contributed by atoms with Gasteiger partial charge in [-0.1, -0.05) is 19.8 Å². The summed E-state index contributed by atoms with van der Waals surface area (Å²) in [7, 11) is 0. The molecule has 0 aromatic heterocycles. The van der Waals surface area contributed by atoms with Crippen LogP contribution in [0.5, 0.6) is 0 Å². The normalized spacial score (nSPS) is 36.2. The quantitative estimate of drug-likeness (QED) is 0.729. The second kappa shape index (κ2) is 5.55. The van der Waals surface area contributed by atoms with E-state index in [0.29, 0.717) is 0 Å². The van der Waals surface area contributed by atoms with Crippen LogP contribution in [0.25, 0.3) is 0 Å². The van der Waals surface area contributed by atoms with Crippen LogP contribution in [0.1, 0.15) is 38.7 Å². The van der Waals surface area contributed by atoms with Gasteiger partial charge in [0.05, 0.1) is 19.3 Å². The van der Waals surface area contributed by atoms with E-state index >= 15 is 0 Å². The Morgan fingerprint density at radius 2 is 1.85 bits per heavy atom. The molecule has 3 nitrogen and oxygen atoms in total. The van der Waals surface area contributed by atoms with Gasteiger partial charge in [-0.15, -0.1) is 0 Å². The average molecular weight is 388 g/mol. The van der Waals surface area contributed by atoms with Crippen molar-refractivity contribution in [2.24, 2.45) is 5.41 Å². The minimum atomic E-state index is -0.988. The maximum Gasteiger partial charge on any atom is 0.312 e. The highest BCUT2D eigenvalue weighted by atomic mass is 127. The van der Waals surface area contributed by atoms with Gasteiger partial charge < -0.3 is 14.2 Å². The number of halogens is 1. The van der Waals surface area contributed by atoms with Gasteiger partial charge in [-0.2, -0.15) is 0 Å². The van der Waals surface area contributed by atoms with E-state index in [1.807, 2.05) is 12.1 Å². The Labute approximate surface area is 134 Å². The summed E-state index contributed by atoms with van der Waals surface area (Å²) in [5, 5.41) is 0. The Kier molecular flexibility index (Phi) is 4.10. The molecule has 20 heavy (non-hydrogen) atoms. The highest BCUT2D eigenvalue weighted by Gasteiger charge is 2.57.